The molecule has 1 aliphatic rings. The average molecular weight is 351 g/mol. The van der Waals surface area contributed by atoms with Gasteiger partial charge >= 0.3 is 0 Å². The third-order valence-corrected chi connectivity index (χ3v) is 4.57. The number of rotatable bonds is 3. The van der Waals surface area contributed by atoms with E-state index in [4.69, 9.17) is 5.73 Å². The standard InChI is InChI=1S/C16H22N6O.ClH/c1-16(2)10-21(8-7-14(16)17)15(23)9-12-3-5-13(6-4-12)22-11-18-19-20-22;/h3-6,11,14H,7-10,17H2,1-2H3;1H. The van der Waals surface area contributed by atoms with E-state index in [0.717, 1.165) is 30.8 Å². The number of aromatic nitrogens is 4. The SMILES string of the molecule is CC1(C)CN(C(=O)Cc2ccc(-n3cnnn3)cc2)CCC1N.Cl. The van der Waals surface area contributed by atoms with Crippen LogP contribution < -0.4 is 5.73 Å². The first kappa shape index (κ1) is 18.4. The van der Waals surface area contributed by atoms with E-state index in [1.807, 2.05) is 29.2 Å². The van der Waals surface area contributed by atoms with Crippen molar-refractivity contribution in [3.8, 4) is 5.69 Å². The number of nitrogens with zero attached hydrogens (tertiary/aromatic N) is 5. The molecule has 130 valence electrons. The van der Waals surface area contributed by atoms with Crippen molar-refractivity contribution in [1.82, 2.24) is 25.1 Å². The number of carbonyl (C=O) groups is 1. The quantitative estimate of drug-likeness (QED) is 0.898. The normalized spacial score (nSPS) is 19.6. The van der Waals surface area contributed by atoms with Crippen LogP contribution in [0.4, 0.5) is 0 Å². The van der Waals surface area contributed by atoms with Crippen LogP contribution in [0.15, 0.2) is 30.6 Å². The maximum atomic E-state index is 12.5. The molecule has 24 heavy (non-hydrogen) atoms. The van der Waals surface area contributed by atoms with E-state index in [0.29, 0.717) is 6.42 Å². The Morgan fingerprint density at radius 3 is 2.62 bits per heavy atom. The van der Waals surface area contributed by atoms with Gasteiger partial charge in [-0.1, -0.05) is 26.0 Å². The summed E-state index contributed by atoms with van der Waals surface area (Å²) >= 11 is 0. The van der Waals surface area contributed by atoms with Gasteiger partial charge < -0.3 is 10.6 Å². The summed E-state index contributed by atoms with van der Waals surface area (Å²) in [6, 6.07) is 7.86. The van der Waals surface area contributed by atoms with E-state index in [1.165, 1.54) is 0 Å². The Kier molecular flexibility index (Phi) is 5.56. The molecule has 2 N–H and O–H groups in total. The predicted octanol–water partition coefficient (Wildman–Crippen LogP) is 1.21. The summed E-state index contributed by atoms with van der Waals surface area (Å²) in [5, 5.41) is 11.1. The second kappa shape index (κ2) is 7.27. The van der Waals surface area contributed by atoms with Crippen LogP contribution in [0.5, 0.6) is 0 Å². The molecule has 0 spiro atoms. The molecule has 0 bridgehead atoms. The highest BCUT2D eigenvalue weighted by Crippen LogP contribution is 2.28. The average Bonchev–Trinajstić information content (AvgIpc) is 3.05. The van der Waals surface area contributed by atoms with Gasteiger partial charge in [-0.2, -0.15) is 0 Å². The topological polar surface area (TPSA) is 89.9 Å². The molecule has 1 unspecified atom stereocenters. The number of likely N-dealkylation sites (tertiary alicyclic amines) is 1. The van der Waals surface area contributed by atoms with Crippen molar-refractivity contribution in [2.75, 3.05) is 13.1 Å². The highest BCUT2D eigenvalue weighted by atomic mass is 35.5. The van der Waals surface area contributed by atoms with E-state index in [1.54, 1.807) is 11.0 Å². The van der Waals surface area contributed by atoms with Gasteiger partial charge in [-0.05, 0) is 40.0 Å². The Morgan fingerprint density at radius 2 is 2.04 bits per heavy atom. The lowest BCUT2D eigenvalue weighted by atomic mass is 9.79. The highest BCUT2D eigenvalue weighted by Gasteiger charge is 2.35. The molecule has 8 heteroatoms. The number of nitrogens with two attached hydrogens (primary N) is 1. The summed E-state index contributed by atoms with van der Waals surface area (Å²) in [5.41, 5.74) is 7.96. The molecular formula is C16H23ClN6O. The molecule has 1 amide bonds. The van der Waals surface area contributed by atoms with E-state index >= 15 is 0 Å². The lowest BCUT2D eigenvalue weighted by Gasteiger charge is -2.42. The van der Waals surface area contributed by atoms with E-state index in [-0.39, 0.29) is 29.8 Å². The minimum Gasteiger partial charge on any atom is -0.342 e. The molecule has 1 saturated heterocycles. The monoisotopic (exact) mass is 350 g/mol. The molecule has 0 aliphatic carbocycles. The molecule has 0 saturated carbocycles. The van der Waals surface area contributed by atoms with Crippen molar-refractivity contribution in [3.05, 3.63) is 36.2 Å². The summed E-state index contributed by atoms with van der Waals surface area (Å²) in [4.78, 5) is 14.5. The second-order valence-corrected chi connectivity index (χ2v) is 6.80. The molecule has 1 fully saturated rings. The first-order valence-electron chi connectivity index (χ1n) is 7.81. The first-order valence-corrected chi connectivity index (χ1v) is 7.81. The summed E-state index contributed by atoms with van der Waals surface area (Å²) in [7, 11) is 0. The Bertz CT molecular complexity index is 670. The fraction of sp³-hybridized carbons (Fsp3) is 0.500. The summed E-state index contributed by atoms with van der Waals surface area (Å²) in [6.07, 6.45) is 2.80. The molecule has 7 nitrogen and oxygen atoms in total. The van der Waals surface area contributed by atoms with Crippen LogP contribution >= 0.6 is 12.4 Å². The molecule has 0 radical (unpaired) electrons. The van der Waals surface area contributed by atoms with Crippen molar-refractivity contribution >= 4 is 18.3 Å². The zero-order chi connectivity index (χ0) is 16.4. The molecule has 1 atom stereocenters. The fourth-order valence-electron chi connectivity index (χ4n) is 2.92. The van der Waals surface area contributed by atoms with Crippen molar-refractivity contribution in [1.29, 1.82) is 0 Å². The molecule has 2 aromatic rings. The molecule has 3 rings (SSSR count). The van der Waals surface area contributed by atoms with Gasteiger partial charge in [0.05, 0.1) is 12.1 Å². The molecular weight excluding hydrogens is 328 g/mol. The molecule has 2 heterocycles. The lowest BCUT2D eigenvalue weighted by Crippen LogP contribution is -2.54. The molecule has 1 aromatic carbocycles. The number of benzene rings is 1. The highest BCUT2D eigenvalue weighted by molar-refractivity contribution is 5.85. The minimum absolute atomic E-state index is 0. The van der Waals surface area contributed by atoms with Gasteiger partial charge in [-0.3, -0.25) is 4.79 Å². The van der Waals surface area contributed by atoms with Crippen LogP contribution in [-0.4, -0.2) is 50.1 Å². The Labute approximate surface area is 147 Å². The van der Waals surface area contributed by atoms with Gasteiger partial charge in [-0.15, -0.1) is 17.5 Å². The van der Waals surface area contributed by atoms with Gasteiger partial charge in [0.2, 0.25) is 5.91 Å². The predicted molar refractivity (Wildman–Crippen MR) is 93.1 cm³/mol. The van der Waals surface area contributed by atoms with Crippen LogP contribution in [0.1, 0.15) is 25.8 Å². The second-order valence-electron chi connectivity index (χ2n) is 6.80. The van der Waals surface area contributed by atoms with Crippen LogP contribution in [0.25, 0.3) is 5.69 Å². The summed E-state index contributed by atoms with van der Waals surface area (Å²) in [5.74, 6) is 0.153. The maximum Gasteiger partial charge on any atom is 0.227 e. The van der Waals surface area contributed by atoms with Crippen molar-refractivity contribution in [2.24, 2.45) is 11.1 Å². The van der Waals surface area contributed by atoms with Crippen molar-refractivity contribution in [2.45, 2.75) is 32.7 Å². The molecule has 1 aliphatic heterocycles. The van der Waals surface area contributed by atoms with Crippen LogP contribution in [-0.2, 0) is 11.2 Å². The fourth-order valence-corrected chi connectivity index (χ4v) is 2.92. The van der Waals surface area contributed by atoms with Crippen LogP contribution in [0, 0.1) is 5.41 Å². The largest absolute Gasteiger partial charge is 0.342 e. The van der Waals surface area contributed by atoms with Crippen LogP contribution in [0.2, 0.25) is 0 Å². The number of hydrogen-bond acceptors (Lipinski definition) is 5. The zero-order valence-corrected chi connectivity index (χ0v) is 14.7. The number of hydrogen-bond donors (Lipinski definition) is 1. The number of carbonyl (C=O) groups excluding carboxylic acids is 1. The van der Waals surface area contributed by atoms with Gasteiger partial charge in [-0.25, -0.2) is 4.68 Å². The van der Waals surface area contributed by atoms with Crippen LogP contribution in [0.3, 0.4) is 0 Å². The third-order valence-electron chi connectivity index (χ3n) is 4.57. The number of amides is 1. The minimum atomic E-state index is -0.0299. The van der Waals surface area contributed by atoms with Gasteiger partial charge in [0, 0.05) is 19.1 Å². The van der Waals surface area contributed by atoms with Gasteiger partial charge in [0.15, 0.2) is 0 Å². The summed E-state index contributed by atoms with van der Waals surface area (Å²) in [6.45, 7) is 5.71. The van der Waals surface area contributed by atoms with E-state index < -0.39 is 0 Å². The van der Waals surface area contributed by atoms with Gasteiger partial charge in [0.25, 0.3) is 0 Å². The number of piperidine rings is 1. The van der Waals surface area contributed by atoms with E-state index in [2.05, 4.69) is 29.4 Å². The smallest absolute Gasteiger partial charge is 0.227 e. The van der Waals surface area contributed by atoms with Gasteiger partial charge in [0.1, 0.15) is 6.33 Å². The third kappa shape index (κ3) is 3.91. The Morgan fingerprint density at radius 1 is 1.33 bits per heavy atom. The lowest BCUT2D eigenvalue weighted by molar-refractivity contribution is -0.133. The number of tetrazole rings is 1. The molecule has 1 aromatic heterocycles. The Balaban J connectivity index is 0.00000208. The van der Waals surface area contributed by atoms with Crippen molar-refractivity contribution in [3.63, 3.8) is 0 Å². The Hall–Kier alpha value is -1.99. The number of halogens is 1. The van der Waals surface area contributed by atoms with E-state index in [9.17, 15) is 4.79 Å². The summed E-state index contributed by atoms with van der Waals surface area (Å²) < 4.78 is 1.58. The zero-order valence-electron chi connectivity index (χ0n) is 13.9. The van der Waals surface area contributed by atoms with Crippen molar-refractivity contribution < 1.29 is 4.79 Å². The maximum absolute atomic E-state index is 12.5. The first-order chi connectivity index (χ1) is 11.0.